The predicted molar refractivity (Wildman–Crippen MR) is 67.4 cm³/mol. The molecule has 17 heavy (non-hydrogen) atoms. The van der Waals surface area contributed by atoms with E-state index in [-0.39, 0.29) is 12.0 Å². The Morgan fingerprint density at radius 3 is 2.12 bits per heavy atom. The van der Waals surface area contributed by atoms with Crippen LogP contribution in [0.5, 0.6) is 0 Å². The van der Waals surface area contributed by atoms with E-state index in [0.29, 0.717) is 5.56 Å². The van der Waals surface area contributed by atoms with Gasteiger partial charge in [0.2, 0.25) is 0 Å². The van der Waals surface area contributed by atoms with Gasteiger partial charge in [-0.2, -0.15) is 0 Å². The summed E-state index contributed by atoms with van der Waals surface area (Å²) in [5, 5.41) is 9.73. The Morgan fingerprint density at radius 2 is 1.71 bits per heavy atom. The largest absolute Gasteiger partial charge is 0.386 e. The molecule has 1 rings (SSSR count). The first-order valence-electron chi connectivity index (χ1n) is 5.40. The van der Waals surface area contributed by atoms with Gasteiger partial charge in [0, 0.05) is 0 Å². The van der Waals surface area contributed by atoms with Crippen molar-refractivity contribution in [2.45, 2.75) is 32.3 Å². The molecule has 0 saturated heterocycles. The molecule has 1 aromatic rings. The number of rotatable bonds is 4. The summed E-state index contributed by atoms with van der Waals surface area (Å²) in [5.41, 5.74) is 1.96. The first-order valence-corrected chi connectivity index (χ1v) is 6.56. The summed E-state index contributed by atoms with van der Waals surface area (Å²) in [5.74, 6) is 0. The van der Waals surface area contributed by atoms with Gasteiger partial charge < -0.3 is 19.4 Å². The lowest BCUT2D eigenvalue weighted by molar-refractivity contribution is 0.0992. The van der Waals surface area contributed by atoms with E-state index >= 15 is 0 Å². The summed E-state index contributed by atoms with van der Waals surface area (Å²) in [4.78, 5) is 17.2. The molecule has 1 aromatic carbocycles. The smallest absolute Gasteiger partial charge is 0.327 e. The molecule has 0 spiro atoms. The van der Waals surface area contributed by atoms with Crippen molar-refractivity contribution in [1.82, 2.24) is 0 Å². The van der Waals surface area contributed by atoms with Gasteiger partial charge in [0.15, 0.2) is 0 Å². The normalized spacial score (nSPS) is 14.1. The third kappa shape index (κ3) is 4.70. The summed E-state index contributed by atoms with van der Waals surface area (Å²) in [7, 11) is -2.41. The quantitative estimate of drug-likeness (QED) is 0.724. The maximum absolute atomic E-state index is 9.73. The average Bonchev–Trinajstić information content (AvgIpc) is 2.25. The van der Waals surface area contributed by atoms with E-state index < -0.39 is 14.7 Å². The molecule has 0 aliphatic rings. The molecule has 0 saturated carbocycles. The fourth-order valence-corrected chi connectivity index (χ4v) is 1.71. The average molecular weight is 258 g/mol. The Hall–Kier alpha value is -0.510. The first-order chi connectivity index (χ1) is 7.80. The van der Waals surface area contributed by atoms with Gasteiger partial charge in [-0.1, -0.05) is 45.0 Å². The topological polar surface area (TPSA) is 69.9 Å². The highest BCUT2D eigenvalue weighted by atomic mass is 31.2. The molecule has 1 unspecified atom stereocenters. The highest BCUT2D eigenvalue weighted by molar-refractivity contribution is 7.39. The zero-order valence-electron chi connectivity index (χ0n) is 10.3. The van der Waals surface area contributed by atoms with Crippen LogP contribution in [0.2, 0.25) is 0 Å². The van der Waals surface area contributed by atoms with Crippen LogP contribution in [0.15, 0.2) is 24.3 Å². The van der Waals surface area contributed by atoms with Crippen molar-refractivity contribution in [3.8, 4) is 0 Å². The lowest BCUT2D eigenvalue weighted by Crippen LogP contribution is -2.11. The Bertz CT molecular complexity index is 343. The van der Waals surface area contributed by atoms with Crippen LogP contribution in [-0.2, 0) is 9.94 Å². The zero-order valence-corrected chi connectivity index (χ0v) is 11.2. The minimum atomic E-state index is -2.41. The molecular formula is C12H19O4P. The van der Waals surface area contributed by atoms with Crippen LogP contribution < -0.4 is 0 Å². The van der Waals surface area contributed by atoms with Crippen LogP contribution >= 0.6 is 8.60 Å². The zero-order chi connectivity index (χ0) is 13.1. The minimum Gasteiger partial charge on any atom is -0.386 e. The second-order valence-corrected chi connectivity index (χ2v) is 5.70. The summed E-state index contributed by atoms with van der Waals surface area (Å²) >= 11 is 0. The lowest BCUT2D eigenvalue weighted by Gasteiger charge is -2.20. The molecule has 5 heteroatoms. The van der Waals surface area contributed by atoms with E-state index in [0.717, 1.165) is 0 Å². The molecule has 0 radical (unpaired) electrons. The van der Waals surface area contributed by atoms with Crippen molar-refractivity contribution < 1.29 is 19.4 Å². The third-order valence-electron chi connectivity index (χ3n) is 2.51. The predicted octanol–water partition coefficient (Wildman–Crippen LogP) is 2.25. The van der Waals surface area contributed by atoms with Gasteiger partial charge in [-0.25, -0.2) is 0 Å². The van der Waals surface area contributed by atoms with E-state index in [2.05, 4.69) is 25.3 Å². The Balaban J connectivity index is 2.67. The van der Waals surface area contributed by atoms with Gasteiger partial charge in [0.25, 0.3) is 0 Å². The second-order valence-electron chi connectivity index (χ2n) is 4.94. The number of hydrogen-bond acceptors (Lipinski definition) is 4. The highest BCUT2D eigenvalue weighted by Gasteiger charge is 2.15. The molecule has 96 valence electrons. The second kappa shape index (κ2) is 5.89. The van der Waals surface area contributed by atoms with Crippen LogP contribution in [0.25, 0.3) is 0 Å². The molecule has 4 nitrogen and oxygen atoms in total. The van der Waals surface area contributed by atoms with Crippen molar-refractivity contribution in [3.05, 3.63) is 35.4 Å². The van der Waals surface area contributed by atoms with Gasteiger partial charge in [0.1, 0.15) is 6.10 Å². The minimum absolute atomic E-state index is 0.0739. The SMILES string of the molecule is CC(C)(C)c1ccc(C(O)COP(O)O)cc1. The van der Waals surface area contributed by atoms with Crippen molar-refractivity contribution in [2.75, 3.05) is 6.61 Å². The van der Waals surface area contributed by atoms with Gasteiger partial charge >= 0.3 is 8.60 Å². The molecule has 0 aliphatic carbocycles. The molecule has 0 aromatic heterocycles. The van der Waals surface area contributed by atoms with Gasteiger partial charge in [0.05, 0.1) is 6.61 Å². The fraction of sp³-hybridized carbons (Fsp3) is 0.500. The molecule has 0 fully saturated rings. The number of benzene rings is 1. The summed E-state index contributed by atoms with van der Waals surface area (Å²) in [6, 6.07) is 7.57. The van der Waals surface area contributed by atoms with Crippen molar-refractivity contribution in [1.29, 1.82) is 0 Å². The lowest BCUT2D eigenvalue weighted by atomic mass is 9.86. The Morgan fingerprint density at radius 1 is 1.18 bits per heavy atom. The number of hydrogen-bond donors (Lipinski definition) is 3. The third-order valence-corrected chi connectivity index (χ3v) is 2.89. The van der Waals surface area contributed by atoms with Gasteiger partial charge in [-0.3, -0.25) is 0 Å². The fourth-order valence-electron chi connectivity index (χ4n) is 1.44. The summed E-state index contributed by atoms with van der Waals surface area (Å²) < 4.78 is 4.58. The molecule has 3 N–H and O–H groups in total. The summed E-state index contributed by atoms with van der Waals surface area (Å²) in [6.45, 7) is 6.23. The van der Waals surface area contributed by atoms with Crippen LogP contribution in [0.3, 0.4) is 0 Å². The van der Waals surface area contributed by atoms with E-state index in [9.17, 15) is 5.11 Å². The molecular weight excluding hydrogens is 239 g/mol. The Labute approximate surface area is 103 Å². The van der Waals surface area contributed by atoms with Crippen LogP contribution in [0.1, 0.15) is 38.0 Å². The van der Waals surface area contributed by atoms with E-state index in [1.807, 2.05) is 24.3 Å². The maximum atomic E-state index is 9.73. The molecule has 0 aliphatic heterocycles. The van der Waals surface area contributed by atoms with Crippen molar-refractivity contribution in [2.24, 2.45) is 0 Å². The van der Waals surface area contributed by atoms with Crippen LogP contribution in [-0.4, -0.2) is 21.5 Å². The van der Waals surface area contributed by atoms with Crippen molar-refractivity contribution in [3.63, 3.8) is 0 Å². The molecule has 1 atom stereocenters. The highest BCUT2D eigenvalue weighted by Crippen LogP contribution is 2.28. The van der Waals surface area contributed by atoms with E-state index in [1.165, 1.54) is 5.56 Å². The monoisotopic (exact) mass is 258 g/mol. The van der Waals surface area contributed by atoms with E-state index in [4.69, 9.17) is 9.79 Å². The molecule has 0 bridgehead atoms. The standard InChI is InChI=1S/C12H19O4P/c1-12(2,3)10-6-4-9(5-7-10)11(13)8-16-17(14)15/h4-7,11,13-15H,8H2,1-3H3. The Kier molecular flexibility index (Phi) is 5.04. The number of aliphatic hydroxyl groups is 1. The van der Waals surface area contributed by atoms with Gasteiger partial charge in [-0.15, -0.1) is 0 Å². The van der Waals surface area contributed by atoms with Crippen LogP contribution in [0.4, 0.5) is 0 Å². The molecule has 0 heterocycles. The van der Waals surface area contributed by atoms with E-state index in [1.54, 1.807) is 0 Å². The van der Waals surface area contributed by atoms with Crippen LogP contribution in [0, 0.1) is 0 Å². The van der Waals surface area contributed by atoms with Crippen molar-refractivity contribution >= 4 is 8.60 Å². The van der Waals surface area contributed by atoms with Gasteiger partial charge in [-0.05, 0) is 16.5 Å². The summed E-state index contributed by atoms with van der Waals surface area (Å²) in [6.07, 6.45) is -0.840. The number of aliphatic hydroxyl groups excluding tert-OH is 1. The first kappa shape index (κ1) is 14.6. The maximum Gasteiger partial charge on any atom is 0.327 e. The molecule has 0 amide bonds.